The van der Waals surface area contributed by atoms with Crippen molar-refractivity contribution < 1.29 is 0 Å². The highest BCUT2D eigenvalue weighted by atomic mass is 15.1. The van der Waals surface area contributed by atoms with Crippen LogP contribution in [0, 0.1) is 17.2 Å². The molecule has 18 heavy (non-hydrogen) atoms. The minimum Gasteiger partial charge on any atom is -0.313 e. The first kappa shape index (κ1) is 15.4. The predicted octanol–water partition coefficient (Wildman–Crippen LogP) is 1.28. The van der Waals surface area contributed by atoms with Gasteiger partial charge in [-0.3, -0.25) is 0 Å². The molecule has 1 heterocycles. The Kier molecular flexibility index (Phi) is 6.07. The summed E-state index contributed by atoms with van der Waals surface area (Å²) < 4.78 is 0. The molecule has 1 saturated heterocycles. The Morgan fingerprint density at radius 1 is 1.56 bits per heavy atom. The molecule has 1 rings (SSSR count). The molecular formula is C14H28N4. The van der Waals surface area contributed by atoms with Crippen molar-refractivity contribution in [3.63, 3.8) is 0 Å². The highest BCUT2D eigenvalue weighted by Gasteiger charge is 2.23. The molecule has 4 heteroatoms. The molecule has 0 spiro atoms. The standard InChI is InChI=1S/C14H28N4/c1-4-14(16,12-15)7-5-8-17(2)10-13-6-9-18(3)11-13/h13H,4-11,16H2,1-3H3. The van der Waals surface area contributed by atoms with E-state index in [2.05, 4.69) is 30.0 Å². The quantitative estimate of drug-likeness (QED) is 0.741. The van der Waals surface area contributed by atoms with E-state index in [1.165, 1.54) is 26.1 Å². The van der Waals surface area contributed by atoms with Crippen molar-refractivity contribution >= 4 is 0 Å². The maximum absolute atomic E-state index is 9.02. The molecule has 0 aromatic carbocycles. The third-order valence-electron chi connectivity index (χ3n) is 4.08. The zero-order chi connectivity index (χ0) is 13.6. The largest absolute Gasteiger partial charge is 0.313 e. The first-order valence-corrected chi connectivity index (χ1v) is 7.06. The molecule has 104 valence electrons. The second-order valence-electron chi connectivity index (χ2n) is 5.90. The lowest BCUT2D eigenvalue weighted by atomic mass is 9.93. The first-order chi connectivity index (χ1) is 8.49. The van der Waals surface area contributed by atoms with Gasteiger partial charge in [0.05, 0.1) is 6.07 Å². The van der Waals surface area contributed by atoms with Gasteiger partial charge in [-0.2, -0.15) is 5.26 Å². The topological polar surface area (TPSA) is 56.3 Å². The fraction of sp³-hybridized carbons (Fsp3) is 0.929. The number of rotatable bonds is 7. The Morgan fingerprint density at radius 3 is 2.78 bits per heavy atom. The molecule has 0 saturated carbocycles. The van der Waals surface area contributed by atoms with E-state index in [0.717, 1.165) is 31.7 Å². The Labute approximate surface area is 112 Å². The molecule has 1 fully saturated rings. The van der Waals surface area contributed by atoms with Crippen molar-refractivity contribution in [1.82, 2.24) is 9.80 Å². The molecule has 0 radical (unpaired) electrons. The van der Waals surface area contributed by atoms with Crippen LogP contribution in [-0.4, -0.2) is 55.6 Å². The number of nitrogens with two attached hydrogens (primary N) is 1. The zero-order valence-electron chi connectivity index (χ0n) is 12.2. The van der Waals surface area contributed by atoms with E-state index in [1.807, 2.05) is 6.92 Å². The van der Waals surface area contributed by atoms with Crippen LogP contribution in [0.4, 0.5) is 0 Å². The Morgan fingerprint density at radius 2 is 2.28 bits per heavy atom. The molecule has 4 nitrogen and oxygen atoms in total. The lowest BCUT2D eigenvalue weighted by molar-refractivity contribution is 0.262. The number of nitriles is 1. The Bertz CT molecular complexity index is 286. The lowest BCUT2D eigenvalue weighted by Crippen LogP contribution is -2.38. The molecule has 0 amide bonds. The van der Waals surface area contributed by atoms with Crippen molar-refractivity contribution in [2.45, 2.75) is 38.1 Å². The summed E-state index contributed by atoms with van der Waals surface area (Å²) in [6, 6.07) is 2.23. The van der Waals surface area contributed by atoms with E-state index < -0.39 is 5.54 Å². The van der Waals surface area contributed by atoms with Crippen LogP contribution >= 0.6 is 0 Å². The van der Waals surface area contributed by atoms with Crippen molar-refractivity contribution in [3.8, 4) is 6.07 Å². The van der Waals surface area contributed by atoms with Crippen LogP contribution in [0.2, 0.25) is 0 Å². The molecule has 0 bridgehead atoms. The summed E-state index contributed by atoms with van der Waals surface area (Å²) in [5, 5.41) is 9.02. The van der Waals surface area contributed by atoms with Gasteiger partial charge in [0.1, 0.15) is 5.54 Å². The molecular weight excluding hydrogens is 224 g/mol. The highest BCUT2D eigenvalue weighted by Crippen LogP contribution is 2.16. The van der Waals surface area contributed by atoms with Crippen LogP contribution in [0.25, 0.3) is 0 Å². The molecule has 2 atom stereocenters. The second kappa shape index (κ2) is 7.08. The van der Waals surface area contributed by atoms with Gasteiger partial charge >= 0.3 is 0 Å². The Balaban J connectivity index is 2.17. The fourth-order valence-electron chi connectivity index (χ4n) is 2.68. The maximum Gasteiger partial charge on any atom is 0.104 e. The lowest BCUT2D eigenvalue weighted by Gasteiger charge is -2.23. The van der Waals surface area contributed by atoms with E-state index in [1.54, 1.807) is 0 Å². The van der Waals surface area contributed by atoms with Gasteiger partial charge < -0.3 is 15.5 Å². The average molecular weight is 252 g/mol. The Hall–Kier alpha value is -0.630. The van der Waals surface area contributed by atoms with Crippen LogP contribution in [0.3, 0.4) is 0 Å². The summed E-state index contributed by atoms with van der Waals surface area (Å²) in [4.78, 5) is 4.79. The third kappa shape index (κ3) is 4.93. The van der Waals surface area contributed by atoms with Crippen LogP contribution in [-0.2, 0) is 0 Å². The van der Waals surface area contributed by atoms with Crippen LogP contribution in [0.1, 0.15) is 32.6 Å². The summed E-state index contributed by atoms with van der Waals surface area (Å²) >= 11 is 0. The van der Waals surface area contributed by atoms with Crippen molar-refractivity contribution in [2.75, 3.05) is 40.3 Å². The van der Waals surface area contributed by atoms with Crippen LogP contribution < -0.4 is 5.73 Å². The van der Waals surface area contributed by atoms with Crippen molar-refractivity contribution in [1.29, 1.82) is 5.26 Å². The molecule has 0 aromatic rings. The first-order valence-electron chi connectivity index (χ1n) is 7.06. The predicted molar refractivity (Wildman–Crippen MR) is 75.2 cm³/mol. The van der Waals surface area contributed by atoms with Gasteiger partial charge in [-0.25, -0.2) is 0 Å². The zero-order valence-corrected chi connectivity index (χ0v) is 12.2. The maximum atomic E-state index is 9.02. The number of hydrogen-bond donors (Lipinski definition) is 1. The molecule has 2 unspecified atom stereocenters. The SMILES string of the molecule is CCC(N)(C#N)CCCN(C)CC1CCN(C)C1. The summed E-state index contributed by atoms with van der Waals surface area (Å²) in [7, 11) is 4.37. The van der Waals surface area contributed by atoms with Gasteiger partial charge in [0, 0.05) is 13.1 Å². The average Bonchev–Trinajstić information content (AvgIpc) is 2.74. The van der Waals surface area contributed by atoms with Crippen LogP contribution in [0.15, 0.2) is 0 Å². The van der Waals surface area contributed by atoms with Gasteiger partial charge in [-0.1, -0.05) is 6.92 Å². The monoisotopic (exact) mass is 252 g/mol. The van der Waals surface area contributed by atoms with E-state index in [0.29, 0.717) is 0 Å². The van der Waals surface area contributed by atoms with Gasteiger partial charge in [0.2, 0.25) is 0 Å². The van der Waals surface area contributed by atoms with Crippen molar-refractivity contribution in [2.24, 2.45) is 11.7 Å². The third-order valence-corrected chi connectivity index (χ3v) is 4.08. The summed E-state index contributed by atoms with van der Waals surface area (Å²) in [6.45, 7) is 6.65. The summed E-state index contributed by atoms with van der Waals surface area (Å²) in [5.74, 6) is 0.810. The highest BCUT2D eigenvalue weighted by molar-refractivity contribution is 5.03. The van der Waals surface area contributed by atoms with E-state index in [-0.39, 0.29) is 0 Å². The number of likely N-dealkylation sites (tertiary alicyclic amines) is 1. The second-order valence-corrected chi connectivity index (χ2v) is 5.90. The van der Waals surface area contributed by atoms with Gasteiger partial charge in [-0.15, -0.1) is 0 Å². The van der Waals surface area contributed by atoms with E-state index >= 15 is 0 Å². The van der Waals surface area contributed by atoms with Crippen molar-refractivity contribution in [3.05, 3.63) is 0 Å². The number of hydrogen-bond acceptors (Lipinski definition) is 4. The van der Waals surface area contributed by atoms with Gasteiger partial charge in [0.15, 0.2) is 0 Å². The van der Waals surface area contributed by atoms with E-state index in [9.17, 15) is 0 Å². The van der Waals surface area contributed by atoms with E-state index in [4.69, 9.17) is 11.0 Å². The minimum absolute atomic E-state index is 0.617. The van der Waals surface area contributed by atoms with Gasteiger partial charge in [-0.05, 0) is 58.8 Å². The normalized spacial score (nSPS) is 24.1. The number of nitrogens with zero attached hydrogens (tertiary/aromatic N) is 3. The molecule has 1 aliphatic heterocycles. The van der Waals surface area contributed by atoms with Crippen LogP contribution in [0.5, 0.6) is 0 Å². The smallest absolute Gasteiger partial charge is 0.104 e. The minimum atomic E-state index is -0.617. The fourth-order valence-corrected chi connectivity index (χ4v) is 2.68. The molecule has 1 aliphatic rings. The molecule has 2 N–H and O–H groups in total. The molecule has 0 aliphatic carbocycles. The van der Waals surface area contributed by atoms with Gasteiger partial charge in [0.25, 0.3) is 0 Å². The summed E-state index contributed by atoms with van der Waals surface area (Å²) in [6.07, 6.45) is 3.86. The molecule has 0 aromatic heterocycles. The summed E-state index contributed by atoms with van der Waals surface area (Å²) in [5.41, 5.74) is 5.36.